The molecule has 1 aliphatic carbocycles. The number of nitrogens with one attached hydrogen (secondary N) is 1. The zero-order valence-corrected chi connectivity index (χ0v) is 16.6. The summed E-state index contributed by atoms with van der Waals surface area (Å²) in [6.07, 6.45) is 4.80. The van der Waals surface area contributed by atoms with Crippen LogP contribution >= 0.6 is 27.7 Å². The van der Waals surface area contributed by atoms with E-state index in [9.17, 15) is 9.59 Å². The van der Waals surface area contributed by atoms with Gasteiger partial charge in [0.05, 0.1) is 6.04 Å². The molecule has 2 amide bonds. The molecule has 0 radical (unpaired) electrons. The van der Waals surface area contributed by atoms with Crippen LogP contribution < -0.4 is 5.32 Å². The number of nitrogens with zero attached hydrogens (tertiary/aromatic N) is 2. The number of thioether (sulfide) groups is 1. The number of benzene rings is 1. The average Bonchev–Trinajstić information content (AvgIpc) is 3.19. The first kappa shape index (κ1) is 18.5. The van der Waals surface area contributed by atoms with E-state index in [4.69, 9.17) is 4.99 Å². The first-order valence-corrected chi connectivity index (χ1v) is 10.4. The molecule has 0 spiro atoms. The Kier molecular flexibility index (Phi) is 6.17. The molecule has 1 saturated carbocycles. The number of halogens is 1. The van der Waals surface area contributed by atoms with Crippen LogP contribution in [0, 0.1) is 0 Å². The van der Waals surface area contributed by atoms with Crippen molar-refractivity contribution in [2.75, 3.05) is 11.9 Å². The quantitative estimate of drug-likeness (QED) is 0.776. The van der Waals surface area contributed by atoms with Gasteiger partial charge in [0.25, 0.3) is 0 Å². The molecular weight excluding hydrogens is 402 g/mol. The largest absolute Gasteiger partial charge is 0.326 e. The van der Waals surface area contributed by atoms with Crippen molar-refractivity contribution in [2.45, 2.75) is 50.3 Å². The second-order valence-corrected chi connectivity index (χ2v) is 8.38. The van der Waals surface area contributed by atoms with E-state index in [1.807, 2.05) is 31.2 Å². The van der Waals surface area contributed by atoms with Crippen molar-refractivity contribution < 1.29 is 9.59 Å². The van der Waals surface area contributed by atoms with Crippen molar-refractivity contribution in [3.63, 3.8) is 0 Å². The van der Waals surface area contributed by atoms with Gasteiger partial charge < -0.3 is 5.32 Å². The third-order valence-electron chi connectivity index (χ3n) is 4.45. The lowest BCUT2D eigenvalue weighted by Crippen LogP contribution is -2.33. The summed E-state index contributed by atoms with van der Waals surface area (Å²) in [7, 11) is 0. The fourth-order valence-corrected chi connectivity index (χ4v) is 4.67. The van der Waals surface area contributed by atoms with Gasteiger partial charge in [-0.2, -0.15) is 0 Å². The highest BCUT2D eigenvalue weighted by atomic mass is 79.9. The van der Waals surface area contributed by atoms with Gasteiger partial charge in [-0.1, -0.05) is 40.5 Å². The molecule has 1 aromatic carbocycles. The minimum Gasteiger partial charge on any atom is -0.326 e. The van der Waals surface area contributed by atoms with Crippen molar-refractivity contribution in [2.24, 2.45) is 4.99 Å². The lowest BCUT2D eigenvalue weighted by Gasteiger charge is -2.14. The van der Waals surface area contributed by atoms with Crippen LogP contribution in [0.1, 0.15) is 39.0 Å². The Hall–Kier alpha value is -1.34. The van der Waals surface area contributed by atoms with Crippen LogP contribution in [0.25, 0.3) is 0 Å². The third-order valence-corrected chi connectivity index (χ3v) is 6.17. The maximum Gasteiger partial charge on any atom is 0.242 e. The van der Waals surface area contributed by atoms with Crippen molar-refractivity contribution in [3.8, 4) is 0 Å². The van der Waals surface area contributed by atoms with Gasteiger partial charge in [0.2, 0.25) is 11.8 Å². The Morgan fingerprint density at radius 2 is 2.00 bits per heavy atom. The van der Waals surface area contributed by atoms with Crippen LogP contribution in [0.2, 0.25) is 0 Å². The third kappa shape index (κ3) is 4.64. The van der Waals surface area contributed by atoms with Crippen molar-refractivity contribution >= 4 is 50.4 Å². The molecule has 7 heteroatoms. The Morgan fingerprint density at radius 3 is 2.64 bits per heavy atom. The zero-order chi connectivity index (χ0) is 17.8. The number of rotatable bonds is 5. The number of carbonyl (C=O) groups is 2. The standard InChI is InChI=1S/C18H22BrN3O2S/c1-2-22-17(24)15(25-18(22)21-13-5-3-4-6-13)11-16(23)20-14-9-7-12(19)8-10-14/h7-10,13,15H,2-6,11H2,1H3,(H,20,23)/t15-/m1/s1. The Labute approximate surface area is 160 Å². The van der Waals surface area contributed by atoms with E-state index >= 15 is 0 Å². The van der Waals surface area contributed by atoms with Crippen LogP contribution in [0.15, 0.2) is 33.7 Å². The number of hydrogen-bond acceptors (Lipinski definition) is 4. The molecule has 2 aliphatic rings. The highest BCUT2D eigenvalue weighted by Crippen LogP contribution is 2.32. The lowest BCUT2D eigenvalue weighted by atomic mass is 10.2. The molecule has 5 nitrogen and oxygen atoms in total. The Bertz CT molecular complexity index is 671. The first-order valence-electron chi connectivity index (χ1n) is 8.68. The van der Waals surface area contributed by atoms with Crippen LogP contribution in [0.5, 0.6) is 0 Å². The molecule has 1 saturated heterocycles. The zero-order valence-electron chi connectivity index (χ0n) is 14.2. The Balaban J connectivity index is 1.62. The number of hydrogen-bond donors (Lipinski definition) is 1. The number of anilines is 1. The summed E-state index contributed by atoms with van der Waals surface area (Å²) in [5.74, 6) is -0.151. The van der Waals surface area contributed by atoms with E-state index in [0.717, 1.165) is 28.2 Å². The topological polar surface area (TPSA) is 61.8 Å². The summed E-state index contributed by atoms with van der Waals surface area (Å²) in [5, 5.41) is 3.27. The van der Waals surface area contributed by atoms with E-state index < -0.39 is 0 Å². The maximum atomic E-state index is 12.6. The van der Waals surface area contributed by atoms with E-state index in [1.54, 1.807) is 4.90 Å². The van der Waals surface area contributed by atoms with Crippen LogP contribution in [0.4, 0.5) is 5.69 Å². The molecule has 0 bridgehead atoms. The van der Waals surface area contributed by atoms with Gasteiger partial charge >= 0.3 is 0 Å². The summed E-state index contributed by atoms with van der Waals surface area (Å²) in [6, 6.07) is 7.74. The fourth-order valence-electron chi connectivity index (χ4n) is 3.13. The predicted molar refractivity (Wildman–Crippen MR) is 106 cm³/mol. The molecule has 1 aromatic rings. The van der Waals surface area contributed by atoms with E-state index in [2.05, 4.69) is 21.2 Å². The lowest BCUT2D eigenvalue weighted by molar-refractivity contribution is -0.128. The molecule has 1 heterocycles. The molecular formula is C18H22BrN3O2S. The molecule has 1 N–H and O–H groups in total. The number of aliphatic imine (C=N–C) groups is 1. The molecule has 0 unspecified atom stereocenters. The average molecular weight is 424 g/mol. The van der Waals surface area contributed by atoms with Gasteiger partial charge in [0.15, 0.2) is 5.17 Å². The molecule has 0 aromatic heterocycles. The fraction of sp³-hybridized carbons (Fsp3) is 0.500. The van der Waals surface area contributed by atoms with Gasteiger partial charge in [0.1, 0.15) is 5.25 Å². The van der Waals surface area contributed by atoms with Gasteiger partial charge in [-0.05, 0) is 44.0 Å². The molecule has 25 heavy (non-hydrogen) atoms. The maximum absolute atomic E-state index is 12.6. The van der Waals surface area contributed by atoms with Gasteiger partial charge in [-0.15, -0.1) is 0 Å². The molecule has 1 aliphatic heterocycles. The summed E-state index contributed by atoms with van der Waals surface area (Å²) in [6.45, 7) is 2.55. The van der Waals surface area contributed by atoms with Crippen LogP contribution in [-0.2, 0) is 9.59 Å². The number of carbonyl (C=O) groups excluding carboxylic acids is 2. The second kappa shape index (κ2) is 8.36. The normalized spacial score (nSPS) is 22.8. The van der Waals surface area contributed by atoms with Crippen molar-refractivity contribution in [1.82, 2.24) is 4.90 Å². The van der Waals surface area contributed by atoms with E-state index in [-0.39, 0.29) is 23.5 Å². The van der Waals surface area contributed by atoms with Crippen molar-refractivity contribution in [3.05, 3.63) is 28.7 Å². The van der Waals surface area contributed by atoms with Gasteiger partial charge in [-0.25, -0.2) is 0 Å². The minimum atomic E-state index is -0.379. The summed E-state index contributed by atoms with van der Waals surface area (Å²) in [4.78, 5) is 31.4. The molecule has 2 fully saturated rings. The monoisotopic (exact) mass is 423 g/mol. The van der Waals surface area contributed by atoms with Gasteiger partial charge in [0, 0.05) is 23.1 Å². The van der Waals surface area contributed by atoms with E-state index in [1.165, 1.54) is 24.6 Å². The van der Waals surface area contributed by atoms with E-state index in [0.29, 0.717) is 12.6 Å². The number of amidine groups is 1. The second-order valence-electron chi connectivity index (χ2n) is 6.30. The first-order chi connectivity index (χ1) is 12.1. The van der Waals surface area contributed by atoms with Crippen LogP contribution in [0.3, 0.4) is 0 Å². The summed E-state index contributed by atoms with van der Waals surface area (Å²) in [5.41, 5.74) is 0.732. The minimum absolute atomic E-state index is 0.00444. The highest BCUT2D eigenvalue weighted by Gasteiger charge is 2.38. The molecule has 134 valence electrons. The summed E-state index contributed by atoms with van der Waals surface area (Å²) >= 11 is 4.81. The predicted octanol–water partition coefficient (Wildman–Crippen LogP) is 4.04. The smallest absolute Gasteiger partial charge is 0.242 e. The van der Waals surface area contributed by atoms with Crippen molar-refractivity contribution in [1.29, 1.82) is 0 Å². The molecule has 1 atom stereocenters. The number of amides is 2. The molecule has 3 rings (SSSR count). The van der Waals surface area contributed by atoms with Gasteiger partial charge in [-0.3, -0.25) is 19.5 Å². The SMILES string of the molecule is CCN1C(=O)[C@@H](CC(=O)Nc2ccc(Br)cc2)SC1=NC1CCCC1. The van der Waals surface area contributed by atoms with Crippen LogP contribution in [-0.4, -0.2) is 39.7 Å². The highest BCUT2D eigenvalue weighted by molar-refractivity contribution is 9.10. The summed E-state index contributed by atoms with van der Waals surface area (Å²) < 4.78 is 0.957. The Morgan fingerprint density at radius 1 is 1.32 bits per heavy atom.